The van der Waals surface area contributed by atoms with E-state index in [2.05, 4.69) is 0 Å². The molecule has 0 unspecified atom stereocenters. The van der Waals surface area contributed by atoms with Gasteiger partial charge < -0.3 is 0 Å². The number of hydroxylamine groups is 1. The largest absolute Gasteiger partial charge is 0.281 e. The summed E-state index contributed by atoms with van der Waals surface area (Å²) in [4.78, 5) is 11.7. The molecule has 1 aliphatic heterocycles. The first-order valence-corrected chi connectivity index (χ1v) is 4.64. The molecule has 1 amide bonds. The smallest absolute Gasteiger partial charge is 0.256 e. The van der Waals surface area contributed by atoms with E-state index in [-0.39, 0.29) is 5.91 Å². The van der Waals surface area contributed by atoms with Gasteiger partial charge in [0.2, 0.25) is 0 Å². The lowest BCUT2D eigenvalue weighted by Crippen LogP contribution is -2.44. The van der Waals surface area contributed by atoms with Crippen molar-refractivity contribution < 1.29 is 10.0 Å². The van der Waals surface area contributed by atoms with Crippen LogP contribution in [-0.4, -0.2) is 11.1 Å². The Morgan fingerprint density at radius 2 is 2.00 bits per heavy atom. The Morgan fingerprint density at radius 3 is 2.71 bits per heavy atom. The lowest BCUT2D eigenvalue weighted by Gasteiger charge is -2.34. The highest BCUT2D eigenvalue weighted by Crippen LogP contribution is 2.35. The van der Waals surface area contributed by atoms with Gasteiger partial charge in [-0.3, -0.25) is 10.0 Å². The highest BCUT2D eigenvalue weighted by atomic mass is 16.5. The van der Waals surface area contributed by atoms with Crippen molar-refractivity contribution >= 4 is 11.6 Å². The Morgan fingerprint density at radius 1 is 1.36 bits per heavy atom. The highest BCUT2D eigenvalue weighted by molar-refractivity contribution is 5.98. The molecule has 0 radical (unpaired) electrons. The first-order valence-electron chi connectivity index (χ1n) is 4.64. The van der Waals surface area contributed by atoms with Crippen LogP contribution in [0.5, 0.6) is 0 Å². The summed E-state index contributed by atoms with van der Waals surface area (Å²) in [5.74, 6) is -0.240. The Hall–Kier alpha value is -1.35. The Balaban J connectivity index is 2.53. The van der Waals surface area contributed by atoms with Crippen LogP contribution in [0.4, 0.5) is 5.69 Å². The molecule has 0 bridgehead atoms. The van der Waals surface area contributed by atoms with E-state index in [9.17, 15) is 10.0 Å². The van der Waals surface area contributed by atoms with E-state index >= 15 is 0 Å². The van der Waals surface area contributed by atoms with E-state index in [0.717, 1.165) is 10.6 Å². The third-order valence-corrected chi connectivity index (χ3v) is 2.62. The molecule has 1 heterocycles. The van der Waals surface area contributed by atoms with Gasteiger partial charge in [-0.15, -0.1) is 0 Å². The standard InChI is InChI=1S/C11H13NO2/c1-11(2)7-8-5-3-4-6-9(8)12(14)10(11)13/h3-6,14H,7H2,1-2H3. The number of nitrogens with zero attached hydrogens (tertiary/aromatic N) is 1. The van der Waals surface area contributed by atoms with Crippen molar-refractivity contribution in [3.05, 3.63) is 29.8 Å². The van der Waals surface area contributed by atoms with Crippen LogP contribution < -0.4 is 5.06 Å². The Labute approximate surface area is 82.9 Å². The third-order valence-electron chi connectivity index (χ3n) is 2.62. The van der Waals surface area contributed by atoms with Gasteiger partial charge in [0.15, 0.2) is 0 Å². The average Bonchev–Trinajstić information content (AvgIpc) is 2.14. The molecular weight excluding hydrogens is 178 g/mol. The number of hydrogen-bond acceptors (Lipinski definition) is 2. The molecule has 1 aliphatic rings. The van der Waals surface area contributed by atoms with Crippen LogP contribution in [-0.2, 0) is 11.2 Å². The molecule has 1 aromatic carbocycles. The molecular formula is C11H13NO2. The number of benzene rings is 1. The number of hydrogen-bond donors (Lipinski definition) is 1. The number of carbonyl (C=O) groups is 1. The maximum Gasteiger partial charge on any atom is 0.256 e. The van der Waals surface area contributed by atoms with E-state index in [4.69, 9.17) is 0 Å². The maximum absolute atomic E-state index is 11.7. The van der Waals surface area contributed by atoms with Crippen molar-refractivity contribution in [2.45, 2.75) is 20.3 Å². The van der Waals surface area contributed by atoms with Crippen molar-refractivity contribution in [3.63, 3.8) is 0 Å². The van der Waals surface area contributed by atoms with Gasteiger partial charge in [-0.2, -0.15) is 5.06 Å². The molecule has 14 heavy (non-hydrogen) atoms. The molecule has 0 atom stereocenters. The predicted molar refractivity (Wildman–Crippen MR) is 53.2 cm³/mol. The molecule has 1 N–H and O–H groups in total. The predicted octanol–water partition coefficient (Wildman–Crippen LogP) is 1.99. The third kappa shape index (κ3) is 1.21. The first-order chi connectivity index (χ1) is 6.52. The molecule has 0 saturated carbocycles. The number of amides is 1. The quantitative estimate of drug-likeness (QED) is 0.637. The molecule has 0 spiro atoms. The number of carbonyl (C=O) groups excluding carboxylic acids is 1. The van der Waals surface area contributed by atoms with E-state index in [0.29, 0.717) is 12.1 Å². The molecule has 0 fully saturated rings. The summed E-state index contributed by atoms with van der Waals surface area (Å²) in [7, 11) is 0. The first kappa shape index (κ1) is 9.21. The lowest BCUT2D eigenvalue weighted by atomic mass is 9.81. The normalized spacial score (nSPS) is 19.4. The second kappa shape index (κ2) is 2.82. The minimum Gasteiger partial charge on any atom is -0.281 e. The molecule has 3 nitrogen and oxygen atoms in total. The van der Waals surface area contributed by atoms with Gasteiger partial charge in [0.1, 0.15) is 0 Å². The fraction of sp³-hybridized carbons (Fsp3) is 0.364. The zero-order chi connectivity index (χ0) is 10.3. The van der Waals surface area contributed by atoms with E-state index in [1.165, 1.54) is 0 Å². The van der Waals surface area contributed by atoms with Crippen molar-refractivity contribution in [1.29, 1.82) is 0 Å². The fourth-order valence-electron chi connectivity index (χ4n) is 1.81. The number of para-hydroxylation sites is 1. The second-order valence-electron chi connectivity index (χ2n) is 4.31. The molecule has 0 saturated heterocycles. The molecule has 1 aromatic rings. The van der Waals surface area contributed by atoms with Gasteiger partial charge >= 0.3 is 0 Å². The van der Waals surface area contributed by atoms with Crippen LogP contribution in [0.25, 0.3) is 0 Å². The maximum atomic E-state index is 11.7. The number of rotatable bonds is 0. The summed E-state index contributed by atoms with van der Waals surface area (Å²) in [6.07, 6.45) is 0.680. The highest BCUT2D eigenvalue weighted by Gasteiger charge is 2.38. The summed E-state index contributed by atoms with van der Waals surface area (Å²) in [5, 5.41) is 10.4. The number of anilines is 1. The minimum atomic E-state index is -0.511. The topological polar surface area (TPSA) is 40.5 Å². The molecule has 3 heteroatoms. The van der Waals surface area contributed by atoms with Crippen molar-refractivity contribution in [2.24, 2.45) is 5.41 Å². The van der Waals surface area contributed by atoms with E-state index in [1.807, 2.05) is 32.0 Å². The zero-order valence-corrected chi connectivity index (χ0v) is 8.32. The summed E-state index contributed by atoms with van der Waals surface area (Å²) < 4.78 is 0. The van der Waals surface area contributed by atoms with E-state index in [1.54, 1.807) is 6.07 Å². The summed E-state index contributed by atoms with van der Waals surface area (Å²) in [6.45, 7) is 3.68. The molecule has 74 valence electrons. The van der Waals surface area contributed by atoms with Crippen molar-refractivity contribution in [3.8, 4) is 0 Å². The zero-order valence-electron chi connectivity index (χ0n) is 8.32. The molecule has 2 rings (SSSR count). The van der Waals surface area contributed by atoms with Gasteiger partial charge in [0, 0.05) is 0 Å². The summed E-state index contributed by atoms with van der Waals surface area (Å²) >= 11 is 0. The van der Waals surface area contributed by atoms with Gasteiger partial charge in [-0.05, 0) is 18.1 Å². The van der Waals surface area contributed by atoms with Crippen LogP contribution >= 0.6 is 0 Å². The van der Waals surface area contributed by atoms with Crippen LogP contribution in [0.15, 0.2) is 24.3 Å². The van der Waals surface area contributed by atoms with Crippen LogP contribution in [0, 0.1) is 5.41 Å². The van der Waals surface area contributed by atoms with E-state index < -0.39 is 5.41 Å². The van der Waals surface area contributed by atoms with Gasteiger partial charge in [0.25, 0.3) is 5.91 Å². The lowest BCUT2D eigenvalue weighted by molar-refractivity contribution is -0.132. The average molecular weight is 191 g/mol. The summed E-state index contributed by atoms with van der Waals surface area (Å²) in [6, 6.07) is 7.42. The van der Waals surface area contributed by atoms with Gasteiger partial charge in [-0.25, -0.2) is 0 Å². The van der Waals surface area contributed by atoms with Gasteiger partial charge in [-0.1, -0.05) is 32.0 Å². The number of fused-ring (bicyclic) bond motifs is 1. The monoisotopic (exact) mass is 191 g/mol. The van der Waals surface area contributed by atoms with Crippen molar-refractivity contribution in [1.82, 2.24) is 0 Å². The second-order valence-corrected chi connectivity index (χ2v) is 4.31. The van der Waals surface area contributed by atoms with Crippen molar-refractivity contribution in [2.75, 3.05) is 5.06 Å². The molecule has 0 aliphatic carbocycles. The molecule has 0 aromatic heterocycles. The van der Waals surface area contributed by atoms with Crippen LogP contribution in [0.1, 0.15) is 19.4 Å². The van der Waals surface area contributed by atoms with Crippen LogP contribution in [0.2, 0.25) is 0 Å². The summed E-state index contributed by atoms with van der Waals surface area (Å²) in [5.41, 5.74) is 1.11. The Bertz CT molecular complexity index is 385. The fourth-order valence-corrected chi connectivity index (χ4v) is 1.81. The van der Waals surface area contributed by atoms with Gasteiger partial charge in [0.05, 0.1) is 11.1 Å². The minimum absolute atomic E-state index is 0.240. The van der Waals surface area contributed by atoms with Crippen LogP contribution in [0.3, 0.4) is 0 Å². The Kier molecular flexibility index (Phi) is 1.86. The SMILES string of the molecule is CC1(C)Cc2ccccc2N(O)C1=O.